The minimum atomic E-state index is -0.480. The molecule has 2 rings (SSSR count). The summed E-state index contributed by atoms with van der Waals surface area (Å²) in [6.45, 7) is 1.43. The van der Waals surface area contributed by atoms with E-state index in [9.17, 15) is 4.79 Å². The molecule has 1 amide bonds. The van der Waals surface area contributed by atoms with E-state index in [0.717, 1.165) is 18.5 Å². The summed E-state index contributed by atoms with van der Waals surface area (Å²) in [7, 11) is 1.89. The van der Waals surface area contributed by atoms with Gasteiger partial charge in [-0.05, 0) is 32.1 Å². The van der Waals surface area contributed by atoms with Crippen molar-refractivity contribution in [3.05, 3.63) is 24.0 Å². The normalized spacial score (nSPS) is 10.7. The minimum Gasteiger partial charge on any atom is -0.491 e. The van der Waals surface area contributed by atoms with E-state index < -0.39 is 5.91 Å². The monoisotopic (exact) mass is 248 g/mol. The van der Waals surface area contributed by atoms with Gasteiger partial charge in [-0.3, -0.25) is 4.79 Å². The number of imidazole rings is 1. The predicted molar refractivity (Wildman–Crippen MR) is 68.7 cm³/mol. The van der Waals surface area contributed by atoms with Crippen LogP contribution in [-0.2, 0) is 0 Å². The molecule has 0 atom stereocenters. The van der Waals surface area contributed by atoms with E-state index in [-0.39, 0.29) is 0 Å². The van der Waals surface area contributed by atoms with Crippen LogP contribution in [0.3, 0.4) is 0 Å². The van der Waals surface area contributed by atoms with Crippen LogP contribution in [0.25, 0.3) is 11.0 Å². The second-order valence-electron chi connectivity index (χ2n) is 3.94. The Morgan fingerprint density at radius 2 is 2.39 bits per heavy atom. The van der Waals surface area contributed by atoms with Crippen molar-refractivity contribution in [2.45, 2.75) is 6.42 Å². The molecule has 0 radical (unpaired) electrons. The molecule has 0 saturated heterocycles. The van der Waals surface area contributed by atoms with Crippen LogP contribution in [0.4, 0.5) is 0 Å². The number of aromatic amines is 1. The largest absolute Gasteiger partial charge is 0.491 e. The Morgan fingerprint density at radius 1 is 1.56 bits per heavy atom. The van der Waals surface area contributed by atoms with E-state index in [1.807, 2.05) is 7.05 Å². The summed E-state index contributed by atoms with van der Waals surface area (Å²) in [4.78, 5) is 18.3. The molecule has 4 N–H and O–H groups in total. The molecule has 1 heterocycles. The van der Waals surface area contributed by atoms with Gasteiger partial charge in [-0.15, -0.1) is 0 Å². The van der Waals surface area contributed by atoms with Gasteiger partial charge in [0.15, 0.2) is 0 Å². The number of H-pyrrole nitrogens is 1. The zero-order valence-electron chi connectivity index (χ0n) is 10.2. The number of benzene rings is 1. The van der Waals surface area contributed by atoms with Crippen LogP contribution >= 0.6 is 0 Å². The average molecular weight is 248 g/mol. The third-order valence-electron chi connectivity index (χ3n) is 2.60. The third kappa shape index (κ3) is 2.60. The lowest BCUT2D eigenvalue weighted by atomic mass is 10.2. The molecule has 0 bridgehead atoms. The predicted octanol–water partition coefficient (Wildman–Crippen LogP) is 0.650. The van der Waals surface area contributed by atoms with E-state index in [2.05, 4.69) is 15.3 Å². The van der Waals surface area contributed by atoms with Gasteiger partial charge in [0.1, 0.15) is 11.3 Å². The van der Waals surface area contributed by atoms with Crippen LogP contribution in [-0.4, -0.2) is 36.1 Å². The molecule has 0 aliphatic carbocycles. The second-order valence-corrected chi connectivity index (χ2v) is 3.94. The Bertz CT molecular complexity index is 550. The summed E-state index contributed by atoms with van der Waals surface area (Å²) in [6, 6.07) is 3.30. The summed E-state index contributed by atoms with van der Waals surface area (Å²) in [5.41, 5.74) is 7.15. The number of ether oxygens (including phenoxy) is 1. The Balaban J connectivity index is 2.23. The highest BCUT2D eigenvalue weighted by atomic mass is 16.5. The molecule has 18 heavy (non-hydrogen) atoms. The van der Waals surface area contributed by atoms with Crippen molar-refractivity contribution in [1.29, 1.82) is 0 Å². The second kappa shape index (κ2) is 5.50. The first-order chi connectivity index (χ1) is 8.72. The first kappa shape index (κ1) is 12.4. The first-order valence-electron chi connectivity index (χ1n) is 5.76. The molecule has 0 fully saturated rings. The SMILES string of the molecule is CNCCCOc1cc(C(N)=O)cc2[nH]cnc12. The molecule has 1 aromatic carbocycles. The lowest BCUT2D eigenvalue weighted by Gasteiger charge is -2.08. The maximum Gasteiger partial charge on any atom is 0.248 e. The fourth-order valence-corrected chi connectivity index (χ4v) is 1.70. The minimum absolute atomic E-state index is 0.412. The van der Waals surface area contributed by atoms with Crippen LogP contribution in [0.2, 0.25) is 0 Å². The number of fused-ring (bicyclic) bond motifs is 1. The maximum atomic E-state index is 11.2. The Labute approximate surface area is 105 Å². The lowest BCUT2D eigenvalue weighted by molar-refractivity contribution is 0.1000. The molecule has 2 aromatic rings. The van der Waals surface area contributed by atoms with Crippen LogP contribution in [0.1, 0.15) is 16.8 Å². The topological polar surface area (TPSA) is 93.0 Å². The molecule has 0 unspecified atom stereocenters. The summed E-state index contributed by atoms with van der Waals surface area (Å²) in [6.07, 6.45) is 2.44. The van der Waals surface area contributed by atoms with Gasteiger partial charge in [0.25, 0.3) is 0 Å². The smallest absolute Gasteiger partial charge is 0.248 e. The van der Waals surface area contributed by atoms with Crippen molar-refractivity contribution in [2.24, 2.45) is 5.73 Å². The number of amides is 1. The molecular weight excluding hydrogens is 232 g/mol. The van der Waals surface area contributed by atoms with Gasteiger partial charge < -0.3 is 20.8 Å². The van der Waals surface area contributed by atoms with Crippen LogP contribution in [0.5, 0.6) is 5.75 Å². The van der Waals surface area contributed by atoms with E-state index in [1.54, 1.807) is 18.5 Å². The van der Waals surface area contributed by atoms with Crippen molar-refractivity contribution in [3.63, 3.8) is 0 Å². The van der Waals surface area contributed by atoms with E-state index in [1.165, 1.54) is 0 Å². The Hall–Kier alpha value is -2.08. The average Bonchev–Trinajstić information content (AvgIpc) is 2.82. The van der Waals surface area contributed by atoms with Crippen LogP contribution in [0.15, 0.2) is 18.5 Å². The summed E-state index contributed by atoms with van der Waals surface area (Å²) >= 11 is 0. The molecule has 6 heteroatoms. The number of hydrogen-bond acceptors (Lipinski definition) is 4. The fraction of sp³-hybridized carbons (Fsp3) is 0.333. The molecule has 1 aromatic heterocycles. The van der Waals surface area contributed by atoms with Gasteiger partial charge in [0.2, 0.25) is 5.91 Å². The van der Waals surface area contributed by atoms with Gasteiger partial charge in [-0.1, -0.05) is 0 Å². The number of carbonyl (C=O) groups is 1. The van der Waals surface area contributed by atoms with Gasteiger partial charge in [-0.2, -0.15) is 0 Å². The van der Waals surface area contributed by atoms with Crippen molar-refractivity contribution in [3.8, 4) is 5.75 Å². The number of hydrogen-bond donors (Lipinski definition) is 3. The summed E-state index contributed by atoms with van der Waals surface area (Å²) in [5.74, 6) is 0.102. The maximum absolute atomic E-state index is 11.2. The van der Waals surface area contributed by atoms with Crippen molar-refractivity contribution in [2.75, 3.05) is 20.2 Å². The van der Waals surface area contributed by atoms with E-state index in [0.29, 0.717) is 23.4 Å². The van der Waals surface area contributed by atoms with Crippen molar-refractivity contribution < 1.29 is 9.53 Å². The van der Waals surface area contributed by atoms with E-state index in [4.69, 9.17) is 10.5 Å². The summed E-state index contributed by atoms with van der Waals surface area (Å²) < 4.78 is 5.64. The highest BCUT2D eigenvalue weighted by Gasteiger charge is 2.10. The number of nitrogens with zero attached hydrogens (tertiary/aromatic N) is 1. The summed E-state index contributed by atoms with van der Waals surface area (Å²) in [5, 5.41) is 3.04. The highest BCUT2D eigenvalue weighted by Crippen LogP contribution is 2.24. The highest BCUT2D eigenvalue weighted by molar-refractivity contribution is 5.98. The molecule has 0 aliphatic heterocycles. The lowest BCUT2D eigenvalue weighted by Crippen LogP contribution is -2.13. The number of rotatable bonds is 6. The van der Waals surface area contributed by atoms with Crippen molar-refractivity contribution in [1.82, 2.24) is 15.3 Å². The first-order valence-corrected chi connectivity index (χ1v) is 5.76. The number of primary amides is 1. The fourth-order valence-electron chi connectivity index (χ4n) is 1.70. The Kier molecular flexibility index (Phi) is 3.78. The zero-order valence-corrected chi connectivity index (χ0v) is 10.2. The Morgan fingerprint density at radius 3 is 3.11 bits per heavy atom. The van der Waals surface area contributed by atoms with Crippen molar-refractivity contribution >= 4 is 16.9 Å². The van der Waals surface area contributed by atoms with Gasteiger partial charge >= 0.3 is 0 Å². The molecule has 0 aliphatic rings. The van der Waals surface area contributed by atoms with Crippen LogP contribution < -0.4 is 15.8 Å². The number of nitrogens with two attached hydrogens (primary N) is 1. The molecule has 0 spiro atoms. The number of carbonyl (C=O) groups excluding carboxylic acids is 1. The third-order valence-corrected chi connectivity index (χ3v) is 2.60. The van der Waals surface area contributed by atoms with Gasteiger partial charge in [0, 0.05) is 5.56 Å². The van der Waals surface area contributed by atoms with Crippen LogP contribution in [0, 0.1) is 0 Å². The number of aromatic nitrogens is 2. The molecular formula is C12H16N4O2. The number of nitrogens with one attached hydrogen (secondary N) is 2. The molecule has 96 valence electrons. The van der Waals surface area contributed by atoms with Gasteiger partial charge in [0.05, 0.1) is 18.5 Å². The standard InChI is InChI=1S/C12H16N4O2/c1-14-3-2-4-18-10-6-8(12(13)17)5-9-11(10)16-7-15-9/h5-7,14H,2-4H2,1H3,(H2,13,17)(H,15,16). The molecule has 6 nitrogen and oxygen atoms in total. The molecule has 0 saturated carbocycles. The quantitative estimate of drug-likeness (QED) is 0.654. The zero-order chi connectivity index (χ0) is 13.0. The van der Waals surface area contributed by atoms with E-state index >= 15 is 0 Å². The van der Waals surface area contributed by atoms with Gasteiger partial charge in [-0.25, -0.2) is 4.98 Å².